The Labute approximate surface area is 154 Å². The van der Waals surface area contributed by atoms with Crippen LogP contribution in [0.3, 0.4) is 0 Å². The summed E-state index contributed by atoms with van der Waals surface area (Å²) in [6, 6.07) is 29.0. The van der Waals surface area contributed by atoms with Crippen LogP contribution in [-0.2, 0) is 16.9 Å². The van der Waals surface area contributed by atoms with Gasteiger partial charge in [-0.3, -0.25) is 0 Å². The minimum atomic E-state index is -0.423. The van der Waals surface area contributed by atoms with Crippen molar-refractivity contribution in [2.24, 2.45) is 0 Å². The maximum Gasteiger partial charge on any atom is 0.122 e. The van der Waals surface area contributed by atoms with E-state index in [1.54, 1.807) is 0 Å². The van der Waals surface area contributed by atoms with Crippen LogP contribution in [0.4, 0.5) is 0 Å². The van der Waals surface area contributed by atoms with Crippen LogP contribution in [0.1, 0.15) is 23.1 Å². The second-order valence-corrected chi connectivity index (χ2v) is 6.48. The van der Waals surface area contributed by atoms with Crippen molar-refractivity contribution in [1.29, 1.82) is 0 Å². The third-order valence-corrected chi connectivity index (χ3v) is 4.81. The minimum Gasteiger partial charge on any atom is -0.489 e. The summed E-state index contributed by atoms with van der Waals surface area (Å²) in [4.78, 5) is 0. The van der Waals surface area contributed by atoms with Gasteiger partial charge in [-0.2, -0.15) is 0 Å². The molecule has 3 aromatic carbocycles. The normalized spacial score (nSPS) is 19.2. The lowest BCUT2D eigenvalue weighted by atomic mass is 9.82. The number of benzene rings is 3. The molecule has 4 rings (SSSR count). The van der Waals surface area contributed by atoms with Gasteiger partial charge in [-0.05, 0) is 28.8 Å². The molecule has 1 heterocycles. The Balaban J connectivity index is 1.57. The van der Waals surface area contributed by atoms with E-state index in [9.17, 15) is 0 Å². The first-order valence-electron chi connectivity index (χ1n) is 8.99. The first kappa shape index (κ1) is 16.6. The highest BCUT2D eigenvalue weighted by Crippen LogP contribution is 2.39. The summed E-state index contributed by atoms with van der Waals surface area (Å²) in [5.41, 5.74) is 3.08. The van der Waals surface area contributed by atoms with Crippen molar-refractivity contribution in [3.63, 3.8) is 0 Å². The smallest absolute Gasteiger partial charge is 0.122 e. The molecule has 0 saturated heterocycles. The summed E-state index contributed by atoms with van der Waals surface area (Å²) in [5, 5.41) is 0. The summed E-state index contributed by atoms with van der Waals surface area (Å²) in [6.45, 7) is 1.20. The molecule has 1 unspecified atom stereocenters. The Bertz CT molecular complexity index is 854. The molecule has 0 aromatic heterocycles. The predicted molar refractivity (Wildman–Crippen MR) is 104 cm³/mol. The molecule has 1 atom stereocenters. The van der Waals surface area contributed by atoms with E-state index in [-0.39, 0.29) is 0 Å². The van der Waals surface area contributed by atoms with Gasteiger partial charge in [0.2, 0.25) is 0 Å². The molecular weight excluding hydrogens is 320 g/mol. The van der Waals surface area contributed by atoms with Crippen molar-refractivity contribution in [1.82, 2.24) is 0 Å². The highest BCUT2D eigenvalue weighted by Gasteiger charge is 2.35. The van der Waals surface area contributed by atoms with Crippen LogP contribution >= 0.6 is 0 Å². The van der Waals surface area contributed by atoms with Gasteiger partial charge in [-0.1, -0.05) is 84.9 Å². The fourth-order valence-corrected chi connectivity index (χ4v) is 3.40. The van der Waals surface area contributed by atoms with Gasteiger partial charge in [-0.15, -0.1) is 0 Å². The highest BCUT2D eigenvalue weighted by atomic mass is 16.5. The van der Waals surface area contributed by atoms with E-state index < -0.39 is 5.60 Å². The van der Waals surface area contributed by atoms with Gasteiger partial charge in [0, 0.05) is 6.42 Å². The van der Waals surface area contributed by atoms with Crippen LogP contribution in [0.2, 0.25) is 0 Å². The number of hydrogen-bond acceptors (Lipinski definition) is 2. The molecule has 130 valence electrons. The summed E-state index contributed by atoms with van der Waals surface area (Å²) in [6.07, 6.45) is 5.12. The molecule has 0 fully saturated rings. The molecular formula is C24H22O2. The number of rotatable bonds is 5. The molecule has 0 amide bonds. The van der Waals surface area contributed by atoms with Crippen LogP contribution < -0.4 is 4.74 Å². The van der Waals surface area contributed by atoms with Crippen molar-refractivity contribution in [3.05, 3.63) is 114 Å². The average molecular weight is 342 g/mol. The number of hydrogen-bond donors (Lipinski definition) is 0. The largest absolute Gasteiger partial charge is 0.489 e. The predicted octanol–water partition coefficient (Wildman–Crippen LogP) is 5.49. The van der Waals surface area contributed by atoms with Crippen molar-refractivity contribution < 1.29 is 9.47 Å². The van der Waals surface area contributed by atoms with Gasteiger partial charge < -0.3 is 9.47 Å². The molecule has 0 N–H and O–H groups in total. The first-order valence-corrected chi connectivity index (χ1v) is 8.99. The fourth-order valence-electron chi connectivity index (χ4n) is 3.40. The molecule has 2 nitrogen and oxygen atoms in total. The Hall–Kier alpha value is -2.84. The van der Waals surface area contributed by atoms with E-state index in [4.69, 9.17) is 9.47 Å². The third kappa shape index (κ3) is 3.42. The zero-order valence-electron chi connectivity index (χ0n) is 14.7. The number of ether oxygens (including phenoxy) is 2. The maximum atomic E-state index is 6.28. The van der Waals surface area contributed by atoms with E-state index in [1.165, 1.54) is 5.56 Å². The minimum absolute atomic E-state index is 0.423. The van der Waals surface area contributed by atoms with E-state index in [2.05, 4.69) is 60.7 Å². The van der Waals surface area contributed by atoms with Crippen molar-refractivity contribution >= 4 is 0 Å². The van der Waals surface area contributed by atoms with Crippen LogP contribution in [-0.4, -0.2) is 6.61 Å². The van der Waals surface area contributed by atoms with Crippen molar-refractivity contribution in [2.45, 2.75) is 18.6 Å². The lowest BCUT2D eigenvalue weighted by Gasteiger charge is -2.36. The average Bonchev–Trinajstić information content (AvgIpc) is 2.74. The molecule has 0 aliphatic carbocycles. The summed E-state index contributed by atoms with van der Waals surface area (Å²) < 4.78 is 12.2. The maximum absolute atomic E-state index is 6.28. The third-order valence-electron chi connectivity index (χ3n) is 4.81. The lowest BCUT2D eigenvalue weighted by molar-refractivity contribution is -0.00751. The van der Waals surface area contributed by atoms with Gasteiger partial charge in [0.05, 0.1) is 6.61 Å². The summed E-state index contributed by atoms with van der Waals surface area (Å²) in [7, 11) is 0. The second-order valence-electron chi connectivity index (χ2n) is 6.48. The molecule has 3 aromatic rings. The van der Waals surface area contributed by atoms with Crippen LogP contribution in [0.5, 0.6) is 5.75 Å². The molecule has 1 aliphatic rings. The topological polar surface area (TPSA) is 18.5 Å². The Kier molecular flexibility index (Phi) is 4.85. The monoisotopic (exact) mass is 342 g/mol. The zero-order valence-corrected chi connectivity index (χ0v) is 14.7. The first-order chi connectivity index (χ1) is 12.9. The fraction of sp³-hybridized carbons (Fsp3) is 0.167. The Morgan fingerprint density at radius 1 is 0.731 bits per heavy atom. The summed E-state index contributed by atoms with van der Waals surface area (Å²) in [5.74, 6) is 0.868. The Morgan fingerprint density at radius 2 is 1.38 bits per heavy atom. The van der Waals surface area contributed by atoms with Crippen molar-refractivity contribution in [2.75, 3.05) is 6.61 Å². The second kappa shape index (κ2) is 7.59. The molecule has 1 aliphatic heterocycles. The zero-order chi connectivity index (χ0) is 17.7. The standard InChI is InChI=1S/C24H22O2/c1-3-9-20(10-4-1)19-25-23-15-13-22(14-16-23)24(17-7-8-18-26-24)21-11-5-2-6-12-21/h1-16H,17-19H2. The van der Waals surface area contributed by atoms with Gasteiger partial charge in [0.15, 0.2) is 0 Å². The van der Waals surface area contributed by atoms with Crippen LogP contribution in [0.25, 0.3) is 0 Å². The van der Waals surface area contributed by atoms with Crippen LogP contribution in [0, 0.1) is 0 Å². The van der Waals surface area contributed by atoms with Gasteiger partial charge in [0.1, 0.15) is 18.0 Å². The molecule has 0 spiro atoms. The quantitative estimate of drug-likeness (QED) is 0.571. The lowest BCUT2D eigenvalue weighted by Crippen LogP contribution is -2.32. The molecule has 2 heteroatoms. The van der Waals surface area contributed by atoms with Crippen molar-refractivity contribution in [3.8, 4) is 5.75 Å². The van der Waals surface area contributed by atoms with E-state index in [0.717, 1.165) is 23.3 Å². The van der Waals surface area contributed by atoms with E-state index in [0.29, 0.717) is 13.2 Å². The summed E-state index contributed by atoms with van der Waals surface area (Å²) >= 11 is 0. The van der Waals surface area contributed by atoms with E-state index in [1.807, 2.05) is 36.4 Å². The van der Waals surface area contributed by atoms with E-state index >= 15 is 0 Å². The van der Waals surface area contributed by atoms with Crippen LogP contribution in [0.15, 0.2) is 97.1 Å². The highest BCUT2D eigenvalue weighted by molar-refractivity contribution is 5.40. The molecule has 0 radical (unpaired) electrons. The molecule has 26 heavy (non-hydrogen) atoms. The molecule has 0 saturated carbocycles. The van der Waals surface area contributed by atoms with Gasteiger partial charge in [-0.25, -0.2) is 0 Å². The van der Waals surface area contributed by atoms with Gasteiger partial charge >= 0.3 is 0 Å². The molecule has 0 bridgehead atoms. The SMILES string of the molecule is C1=CCC(c2ccccc2)(c2ccc(OCc3ccccc3)cc2)OC1. The van der Waals surface area contributed by atoms with Gasteiger partial charge in [0.25, 0.3) is 0 Å². The Morgan fingerprint density at radius 3 is 2.04 bits per heavy atom.